The molecule has 0 amide bonds. The van der Waals surface area contributed by atoms with Crippen LogP contribution in [0.2, 0.25) is 0 Å². The number of benzene rings is 7. The zero-order valence-electron chi connectivity index (χ0n) is 29.6. The van der Waals surface area contributed by atoms with Crippen LogP contribution in [-0.4, -0.2) is 19.5 Å². The van der Waals surface area contributed by atoms with Crippen LogP contribution in [0, 0.1) is 11.3 Å². The molecule has 7 aromatic carbocycles. The van der Waals surface area contributed by atoms with Gasteiger partial charge in [0.05, 0.1) is 45.3 Å². The van der Waals surface area contributed by atoms with Gasteiger partial charge in [0, 0.05) is 44.1 Å². The van der Waals surface area contributed by atoms with Gasteiger partial charge in [-0.3, -0.25) is 0 Å². The molecular weight excluding hydrogens is 671 g/mol. The Morgan fingerprint density at radius 1 is 0.436 bits per heavy atom. The fourth-order valence-electron chi connectivity index (χ4n) is 7.57. The van der Waals surface area contributed by atoms with Crippen molar-refractivity contribution in [3.05, 3.63) is 194 Å². The zero-order valence-corrected chi connectivity index (χ0v) is 29.6. The second-order valence-corrected chi connectivity index (χ2v) is 13.6. The van der Waals surface area contributed by atoms with Crippen molar-refractivity contribution in [1.82, 2.24) is 19.5 Å². The number of aromatic nitrogens is 4. The van der Waals surface area contributed by atoms with E-state index in [0.29, 0.717) is 11.4 Å². The van der Waals surface area contributed by atoms with Gasteiger partial charge in [-0.2, -0.15) is 5.26 Å². The molecule has 0 spiro atoms. The monoisotopic (exact) mass is 701 g/mol. The van der Waals surface area contributed by atoms with E-state index in [-0.39, 0.29) is 0 Å². The predicted molar refractivity (Wildman–Crippen MR) is 224 cm³/mol. The van der Waals surface area contributed by atoms with E-state index in [4.69, 9.17) is 15.0 Å². The van der Waals surface area contributed by atoms with Gasteiger partial charge < -0.3 is 4.57 Å². The molecule has 0 aliphatic rings. The van der Waals surface area contributed by atoms with Gasteiger partial charge in [-0.15, -0.1) is 0 Å². The van der Waals surface area contributed by atoms with Crippen molar-refractivity contribution in [2.24, 2.45) is 0 Å². The lowest BCUT2D eigenvalue weighted by Gasteiger charge is -2.13. The minimum absolute atomic E-state index is 0.613. The summed E-state index contributed by atoms with van der Waals surface area (Å²) >= 11 is 0. The average molecular weight is 702 g/mol. The Labute approximate surface area is 318 Å². The molecule has 3 heterocycles. The molecule has 0 N–H and O–H groups in total. The lowest BCUT2D eigenvalue weighted by atomic mass is 9.98. The average Bonchev–Trinajstić information content (AvgIpc) is 3.62. The number of pyridine rings is 1. The van der Waals surface area contributed by atoms with Crippen LogP contribution in [0.5, 0.6) is 0 Å². The van der Waals surface area contributed by atoms with Gasteiger partial charge in [0.25, 0.3) is 0 Å². The largest absolute Gasteiger partial charge is 0.307 e. The van der Waals surface area contributed by atoms with Crippen LogP contribution >= 0.6 is 0 Å². The van der Waals surface area contributed by atoms with Gasteiger partial charge >= 0.3 is 0 Å². The Kier molecular flexibility index (Phi) is 7.79. The molecule has 0 saturated carbocycles. The summed E-state index contributed by atoms with van der Waals surface area (Å²) in [6, 6.07) is 66.7. The van der Waals surface area contributed by atoms with Crippen LogP contribution in [0.25, 0.3) is 94.7 Å². The highest BCUT2D eigenvalue weighted by atomic mass is 15.0. The van der Waals surface area contributed by atoms with Crippen molar-refractivity contribution in [3.8, 4) is 68.0 Å². The molecule has 0 radical (unpaired) electrons. The molecule has 10 rings (SSSR count). The van der Waals surface area contributed by atoms with Crippen LogP contribution in [-0.2, 0) is 0 Å². The summed E-state index contributed by atoms with van der Waals surface area (Å²) in [4.78, 5) is 15.2. The van der Waals surface area contributed by atoms with Crippen molar-refractivity contribution < 1.29 is 0 Å². The first-order valence-electron chi connectivity index (χ1n) is 18.3. The minimum Gasteiger partial charge on any atom is -0.307 e. The van der Waals surface area contributed by atoms with Crippen LogP contribution in [0.3, 0.4) is 0 Å². The van der Waals surface area contributed by atoms with E-state index in [2.05, 4.69) is 138 Å². The first-order chi connectivity index (χ1) is 27.2. The lowest BCUT2D eigenvalue weighted by Crippen LogP contribution is -1.97. The van der Waals surface area contributed by atoms with E-state index in [1.165, 1.54) is 10.8 Å². The molecule has 5 heteroatoms. The van der Waals surface area contributed by atoms with Crippen LogP contribution in [0.4, 0.5) is 0 Å². The highest BCUT2D eigenvalue weighted by Crippen LogP contribution is 2.41. The third-order valence-electron chi connectivity index (χ3n) is 10.3. The van der Waals surface area contributed by atoms with E-state index < -0.39 is 0 Å². The number of hydrogen-bond acceptors (Lipinski definition) is 4. The van der Waals surface area contributed by atoms with Crippen molar-refractivity contribution in [1.29, 1.82) is 5.26 Å². The SMILES string of the molecule is N#Cc1ccc(-c2cc(-c3ccc(-c4ccc(-c5nc6ccccc6c6c7ccccc7n(-c7ccccc7)c56)cc4)cc3)nc(-c3ccccc3)n2)cc1. The number of nitrogens with zero attached hydrogens (tertiary/aromatic N) is 5. The van der Waals surface area contributed by atoms with E-state index in [1.807, 2.05) is 60.7 Å². The lowest BCUT2D eigenvalue weighted by molar-refractivity contribution is 1.17. The van der Waals surface area contributed by atoms with Crippen molar-refractivity contribution in [2.75, 3.05) is 0 Å². The number of para-hydroxylation sites is 3. The smallest absolute Gasteiger partial charge is 0.160 e. The van der Waals surface area contributed by atoms with Crippen LogP contribution in [0.1, 0.15) is 5.56 Å². The fourth-order valence-corrected chi connectivity index (χ4v) is 7.57. The van der Waals surface area contributed by atoms with E-state index in [0.717, 1.165) is 78.1 Å². The van der Waals surface area contributed by atoms with Gasteiger partial charge in [-0.25, -0.2) is 15.0 Å². The molecule has 0 aliphatic heterocycles. The molecule has 0 unspecified atom stereocenters. The molecule has 0 saturated heterocycles. The van der Waals surface area contributed by atoms with E-state index in [1.54, 1.807) is 0 Å². The highest BCUT2D eigenvalue weighted by molar-refractivity contribution is 6.23. The number of fused-ring (bicyclic) bond motifs is 5. The van der Waals surface area contributed by atoms with Crippen LogP contribution in [0.15, 0.2) is 188 Å². The van der Waals surface area contributed by atoms with E-state index in [9.17, 15) is 5.26 Å². The first kappa shape index (κ1) is 32.0. The normalized spacial score (nSPS) is 11.3. The van der Waals surface area contributed by atoms with E-state index >= 15 is 0 Å². The summed E-state index contributed by atoms with van der Waals surface area (Å²) in [6.07, 6.45) is 0. The van der Waals surface area contributed by atoms with Crippen LogP contribution < -0.4 is 0 Å². The molecule has 10 aromatic rings. The Morgan fingerprint density at radius 2 is 0.964 bits per heavy atom. The second kappa shape index (κ2) is 13.4. The third kappa shape index (κ3) is 5.70. The molecule has 5 nitrogen and oxygen atoms in total. The molecule has 55 heavy (non-hydrogen) atoms. The molecular formula is C50H31N5. The highest BCUT2D eigenvalue weighted by Gasteiger charge is 2.20. The maximum Gasteiger partial charge on any atom is 0.160 e. The van der Waals surface area contributed by atoms with Gasteiger partial charge in [-0.1, -0.05) is 146 Å². The number of hydrogen-bond donors (Lipinski definition) is 0. The molecule has 256 valence electrons. The summed E-state index contributed by atoms with van der Waals surface area (Å²) in [5.41, 5.74) is 13.7. The van der Waals surface area contributed by atoms with Gasteiger partial charge in [0.2, 0.25) is 0 Å². The molecule has 3 aromatic heterocycles. The molecule has 0 aliphatic carbocycles. The second-order valence-electron chi connectivity index (χ2n) is 13.6. The first-order valence-corrected chi connectivity index (χ1v) is 18.3. The maximum absolute atomic E-state index is 9.32. The Hall–Kier alpha value is -7.68. The number of nitriles is 1. The summed E-state index contributed by atoms with van der Waals surface area (Å²) < 4.78 is 2.36. The maximum atomic E-state index is 9.32. The predicted octanol–water partition coefficient (Wildman–Crippen LogP) is 12.3. The van der Waals surface area contributed by atoms with Gasteiger partial charge in [0.1, 0.15) is 0 Å². The Bertz CT molecular complexity index is 3050. The number of rotatable bonds is 6. The summed E-state index contributed by atoms with van der Waals surface area (Å²) in [7, 11) is 0. The standard InChI is InChI=1S/C50H31N5/c51-32-33-19-21-36(22-20-33)44-31-45(54-50(53-44)39-11-3-1-4-12-39)37-27-23-34(24-28-37)35-25-29-38(30-26-35)48-49-47(41-15-7-9-17-43(41)52-48)42-16-8-10-18-46(42)55(49)40-13-5-2-6-14-40/h1-31H. The Morgan fingerprint density at radius 3 is 1.62 bits per heavy atom. The summed E-state index contributed by atoms with van der Waals surface area (Å²) in [5, 5.41) is 12.9. The van der Waals surface area contributed by atoms with Crippen molar-refractivity contribution in [3.63, 3.8) is 0 Å². The van der Waals surface area contributed by atoms with Gasteiger partial charge in [0.15, 0.2) is 5.82 Å². The summed E-state index contributed by atoms with van der Waals surface area (Å²) in [5.74, 6) is 0.653. The van der Waals surface area contributed by atoms with Gasteiger partial charge in [-0.05, 0) is 53.6 Å². The molecule has 0 atom stereocenters. The van der Waals surface area contributed by atoms with Crippen molar-refractivity contribution in [2.45, 2.75) is 0 Å². The topological polar surface area (TPSA) is 67.4 Å². The van der Waals surface area contributed by atoms with Crippen molar-refractivity contribution >= 4 is 32.7 Å². The third-order valence-corrected chi connectivity index (χ3v) is 10.3. The molecule has 0 fully saturated rings. The fraction of sp³-hybridized carbons (Fsp3) is 0. The minimum atomic E-state index is 0.613. The molecule has 0 bridgehead atoms. The zero-order chi connectivity index (χ0) is 36.7. The quantitative estimate of drug-likeness (QED) is 0.173. The summed E-state index contributed by atoms with van der Waals surface area (Å²) in [6.45, 7) is 0. The Balaban J connectivity index is 1.05.